The Morgan fingerprint density at radius 2 is 2.29 bits per heavy atom. The van der Waals surface area contributed by atoms with Gasteiger partial charge in [0.25, 0.3) is 0 Å². The van der Waals surface area contributed by atoms with Gasteiger partial charge in [-0.15, -0.1) is 0 Å². The lowest BCUT2D eigenvalue weighted by Crippen LogP contribution is -2.21. The summed E-state index contributed by atoms with van der Waals surface area (Å²) in [6.07, 6.45) is 5.86. The SMILES string of the molecule is Clc1ccc(C2C[C@H]3CC[C@@H]2N3)cn1. The zero-order chi connectivity index (χ0) is 9.54. The van der Waals surface area contributed by atoms with Gasteiger partial charge in [-0.1, -0.05) is 17.7 Å². The molecule has 1 unspecified atom stereocenters. The van der Waals surface area contributed by atoms with Gasteiger partial charge >= 0.3 is 0 Å². The van der Waals surface area contributed by atoms with Crippen LogP contribution in [0.15, 0.2) is 18.3 Å². The fourth-order valence-corrected chi connectivity index (χ4v) is 2.91. The first kappa shape index (κ1) is 8.69. The average Bonchev–Trinajstić information content (AvgIpc) is 2.80. The molecule has 0 aromatic carbocycles. The van der Waals surface area contributed by atoms with E-state index in [0.717, 1.165) is 6.04 Å². The number of rotatable bonds is 1. The van der Waals surface area contributed by atoms with E-state index in [2.05, 4.69) is 16.4 Å². The lowest BCUT2D eigenvalue weighted by atomic mass is 9.85. The Bertz CT molecular complexity index is 336. The second-order valence-electron chi connectivity index (χ2n) is 4.30. The van der Waals surface area contributed by atoms with Gasteiger partial charge in [-0.05, 0) is 30.9 Å². The number of hydrogen-bond acceptors (Lipinski definition) is 2. The van der Waals surface area contributed by atoms with E-state index in [0.29, 0.717) is 17.1 Å². The topological polar surface area (TPSA) is 24.9 Å². The van der Waals surface area contributed by atoms with Gasteiger partial charge in [-0.2, -0.15) is 0 Å². The summed E-state index contributed by atoms with van der Waals surface area (Å²) in [4.78, 5) is 4.14. The minimum Gasteiger partial charge on any atom is -0.311 e. The Balaban J connectivity index is 1.86. The Labute approximate surface area is 88.7 Å². The summed E-state index contributed by atoms with van der Waals surface area (Å²) in [6.45, 7) is 0. The van der Waals surface area contributed by atoms with Gasteiger partial charge in [0.15, 0.2) is 0 Å². The second kappa shape index (κ2) is 3.21. The number of pyridine rings is 1. The molecule has 1 N–H and O–H groups in total. The molecule has 0 amide bonds. The van der Waals surface area contributed by atoms with E-state index in [-0.39, 0.29) is 0 Å². The van der Waals surface area contributed by atoms with Crippen LogP contribution in [-0.2, 0) is 0 Å². The Morgan fingerprint density at radius 1 is 1.36 bits per heavy atom. The van der Waals surface area contributed by atoms with Crippen molar-refractivity contribution in [3.63, 3.8) is 0 Å². The minimum atomic E-state index is 0.588. The second-order valence-corrected chi connectivity index (χ2v) is 4.69. The van der Waals surface area contributed by atoms with Crippen LogP contribution in [0.25, 0.3) is 0 Å². The summed E-state index contributed by atoms with van der Waals surface area (Å²) >= 11 is 5.77. The summed E-state index contributed by atoms with van der Waals surface area (Å²) in [5, 5.41) is 4.22. The van der Waals surface area contributed by atoms with E-state index >= 15 is 0 Å². The van der Waals surface area contributed by atoms with Crippen LogP contribution in [0, 0.1) is 0 Å². The van der Waals surface area contributed by atoms with Crippen molar-refractivity contribution < 1.29 is 0 Å². The molecule has 3 heterocycles. The van der Waals surface area contributed by atoms with Crippen LogP contribution in [0.1, 0.15) is 30.7 Å². The molecule has 1 aromatic rings. The van der Waals surface area contributed by atoms with Crippen LogP contribution in [0.2, 0.25) is 5.15 Å². The van der Waals surface area contributed by atoms with Crippen LogP contribution < -0.4 is 5.32 Å². The van der Waals surface area contributed by atoms with E-state index < -0.39 is 0 Å². The molecule has 2 saturated heterocycles. The number of aromatic nitrogens is 1. The Morgan fingerprint density at radius 3 is 2.86 bits per heavy atom. The molecule has 14 heavy (non-hydrogen) atoms. The molecule has 2 aliphatic heterocycles. The summed E-state index contributed by atoms with van der Waals surface area (Å²) in [6, 6.07) is 5.44. The van der Waals surface area contributed by atoms with Gasteiger partial charge in [-0.3, -0.25) is 0 Å². The van der Waals surface area contributed by atoms with Crippen molar-refractivity contribution in [1.29, 1.82) is 0 Å². The Kier molecular flexibility index (Phi) is 1.99. The zero-order valence-corrected chi connectivity index (χ0v) is 8.67. The van der Waals surface area contributed by atoms with Crippen LogP contribution in [-0.4, -0.2) is 17.1 Å². The standard InChI is InChI=1S/C11H13ClN2/c12-11-4-1-7(6-13-11)9-5-8-2-3-10(9)14-8/h1,4,6,8-10,14H,2-3,5H2/t8-,9?,10+/m1/s1. The third-order valence-electron chi connectivity index (χ3n) is 3.48. The molecule has 0 saturated carbocycles. The van der Waals surface area contributed by atoms with Crippen LogP contribution in [0.4, 0.5) is 0 Å². The summed E-state index contributed by atoms with van der Waals surface area (Å²) in [7, 11) is 0. The van der Waals surface area contributed by atoms with E-state index in [1.54, 1.807) is 0 Å². The molecular formula is C11H13ClN2. The molecule has 3 atom stereocenters. The predicted octanol–water partition coefficient (Wildman–Crippen LogP) is 2.34. The van der Waals surface area contributed by atoms with E-state index in [4.69, 9.17) is 11.6 Å². The highest BCUT2D eigenvalue weighted by molar-refractivity contribution is 6.29. The number of hydrogen-bond donors (Lipinski definition) is 1. The summed E-state index contributed by atoms with van der Waals surface area (Å²) < 4.78 is 0. The molecule has 2 bridgehead atoms. The van der Waals surface area contributed by atoms with Gasteiger partial charge in [0.2, 0.25) is 0 Å². The molecule has 2 aliphatic rings. The maximum atomic E-state index is 5.77. The van der Waals surface area contributed by atoms with E-state index in [9.17, 15) is 0 Å². The van der Waals surface area contributed by atoms with Crippen LogP contribution in [0.3, 0.4) is 0 Å². The third-order valence-corrected chi connectivity index (χ3v) is 3.70. The molecule has 2 nitrogen and oxygen atoms in total. The molecule has 74 valence electrons. The smallest absolute Gasteiger partial charge is 0.129 e. The van der Waals surface area contributed by atoms with Gasteiger partial charge in [0, 0.05) is 24.2 Å². The molecule has 3 rings (SSSR count). The zero-order valence-electron chi connectivity index (χ0n) is 7.91. The fourth-order valence-electron chi connectivity index (χ4n) is 2.80. The van der Waals surface area contributed by atoms with Gasteiger partial charge in [0.05, 0.1) is 0 Å². The van der Waals surface area contributed by atoms with Crippen molar-refractivity contribution in [3.8, 4) is 0 Å². The van der Waals surface area contributed by atoms with Crippen molar-refractivity contribution in [1.82, 2.24) is 10.3 Å². The monoisotopic (exact) mass is 208 g/mol. The lowest BCUT2D eigenvalue weighted by molar-refractivity contribution is 0.505. The van der Waals surface area contributed by atoms with Crippen molar-refractivity contribution in [2.45, 2.75) is 37.3 Å². The van der Waals surface area contributed by atoms with Gasteiger partial charge < -0.3 is 5.32 Å². The van der Waals surface area contributed by atoms with Gasteiger partial charge in [-0.25, -0.2) is 4.98 Å². The quantitative estimate of drug-likeness (QED) is 0.717. The summed E-state index contributed by atoms with van der Waals surface area (Å²) in [5.41, 5.74) is 1.34. The van der Waals surface area contributed by atoms with Crippen LogP contribution >= 0.6 is 11.6 Å². The van der Waals surface area contributed by atoms with Crippen molar-refractivity contribution in [2.75, 3.05) is 0 Å². The van der Waals surface area contributed by atoms with Crippen molar-refractivity contribution >= 4 is 11.6 Å². The minimum absolute atomic E-state index is 0.588. The average molecular weight is 209 g/mol. The molecular weight excluding hydrogens is 196 g/mol. The van der Waals surface area contributed by atoms with Gasteiger partial charge in [0.1, 0.15) is 5.15 Å². The summed E-state index contributed by atoms with van der Waals surface area (Å²) in [5.74, 6) is 0.665. The molecule has 2 fully saturated rings. The largest absolute Gasteiger partial charge is 0.311 e. The number of nitrogens with zero attached hydrogens (tertiary/aromatic N) is 1. The van der Waals surface area contributed by atoms with Crippen LogP contribution in [0.5, 0.6) is 0 Å². The van der Waals surface area contributed by atoms with E-state index in [1.807, 2.05) is 12.3 Å². The highest BCUT2D eigenvalue weighted by Crippen LogP contribution is 2.39. The number of fused-ring (bicyclic) bond motifs is 2. The maximum absolute atomic E-state index is 5.77. The molecule has 0 radical (unpaired) electrons. The van der Waals surface area contributed by atoms with E-state index in [1.165, 1.54) is 24.8 Å². The number of nitrogens with one attached hydrogen (secondary N) is 1. The maximum Gasteiger partial charge on any atom is 0.129 e. The molecule has 0 aliphatic carbocycles. The first-order valence-corrected chi connectivity index (χ1v) is 5.58. The predicted molar refractivity (Wildman–Crippen MR) is 56.6 cm³/mol. The lowest BCUT2D eigenvalue weighted by Gasteiger charge is -2.19. The van der Waals surface area contributed by atoms with Crippen molar-refractivity contribution in [3.05, 3.63) is 29.0 Å². The highest BCUT2D eigenvalue weighted by Gasteiger charge is 2.39. The Hall–Kier alpha value is -0.600. The number of halogens is 1. The first-order valence-electron chi connectivity index (χ1n) is 5.20. The molecule has 1 aromatic heterocycles. The first-order chi connectivity index (χ1) is 6.83. The molecule has 3 heteroatoms. The highest BCUT2D eigenvalue weighted by atomic mass is 35.5. The molecule has 0 spiro atoms. The normalized spacial score (nSPS) is 35.1. The fraction of sp³-hybridized carbons (Fsp3) is 0.545. The third kappa shape index (κ3) is 1.33. The van der Waals surface area contributed by atoms with Crippen molar-refractivity contribution in [2.24, 2.45) is 0 Å².